The first-order chi connectivity index (χ1) is 12.1. The summed E-state index contributed by atoms with van der Waals surface area (Å²) in [6, 6.07) is 4.70. The van der Waals surface area contributed by atoms with Crippen molar-refractivity contribution in [3.05, 3.63) is 35.4 Å². The molecular weight excluding hydrogens is 369 g/mol. The Morgan fingerprint density at radius 3 is 2.38 bits per heavy atom. The van der Waals surface area contributed by atoms with Gasteiger partial charge in [0.2, 0.25) is 15.9 Å². The minimum absolute atomic E-state index is 0.122. The van der Waals surface area contributed by atoms with Crippen LogP contribution in [-0.2, 0) is 26.4 Å². The van der Waals surface area contributed by atoms with Crippen LogP contribution < -0.4 is 4.72 Å². The van der Waals surface area contributed by atoms with Gasteiger partial charge in [-0.25, -0.2) is 13.1 Å². The zero-order valence-corrected chi connectivity index (χ0v) is 15.2. The van der Waals surface area contributed by atoms with Crippen molar-refractivity contribution >= 4 is 15.9 Å². The highest BCUT2D eigenvalue weighted by Gasteiger charge is 2.54. The van der Waals surface area contributed by atoms with E-state index in [1.807, 2.05) is 0 Å². The molecule has 1 aromatic carbocycles. The molecule has 0 radical (unpaired) electrons. The molecule has 26 heavy (non-hydrogen) atoms. The lowest BCUT2D eigenvalue weighted by atomic mass is 9.93. The number of rotatable bonds is 5. The van der Waals surface area contributed by atoms with Crippen LogP contribution in [0, 0.1) is 0 Å². The van der Waals surface area contributed by atoms with Gasteiger partial charge < -0.3 is 4.90 Å². The lowest BCUT2D eigenvalue weighted by Crippen LogP contribution is -2.41. The fourth-order valence-electron chi connectivity index (χ4n) is 3.52. The maximum atomic E-state index is 12.9. The standard InChI is InChI=1S/C17H21F3N2O3S/c1-2-21-26(24,25)14-7-10-22(11-14)15(23)16(8-9-16)12-3-5-13(6-4-12)17(18,19)20/h3-6,14,21H,2,7-11H2,1H3. The Labute approximate surface area is 150 Å². The van der Waals surface area contributed by atoms with E-state index in [9.17, 15) is 26.4 Å². The third-order valence-electron chi connectivity index (χ3n) is 5.14. The summed E-state index contributed by atoms with van der Waals surface area (Å²) in [5.74, 6) is -0.188. The van der Waals surface area contributed by atoms with E-state index in [0.717, 1.165) is 12.1 Å². The molecule has 1 aliphatic carbocycles. The van der Waals surface area contributed by atoms with Gasteiger partial charge in [0.05, 0.1) is 16.2 Å². The fraction of sp³-hybridized carbons (Fsp3) is 0.588. The van der Waals surface area contributed by atoms with Gasteiger partial charge in [0, 0.05) is 19.6 Å². The molecule has 5 nitrogen and oxygen atoms in total. The maximum absolute atomic E-state index is 12.9. The van der Waals surface area contributed by atoms with Crippen LogP contribution >= 0.6 is 0 Å². The van der Waals surface area contributed by atoms with Gasteiger partial charge in [-0.05, 0) is 37.0 Å². The van der Waals surface area contributed by atoms with E-state index in [1.54, 1.807) is 6.92 Å². The second kappa shape index (κ2) is 6.53. The minimum Gasteiger partial charge on any atom is -0.341 e. The molecule has 1 atom stereocenters. The molecule has 1 saturated carbocycles. The van der Waals surface area contributed by atoms with E-state index < -0.39 is 32.4 Å². The topological polar surface area (TPSA) is 66.5 Å². The molecule has 0 bridgehead atoms. The van der Waals surface area contributed by atoms with E-state index in [2.05, 4.69) is 4.72 Å². The predicted octanol–water partition coefficient (Wildman–Crippen LogP) is 2.28. The number of likely N-dealkylation sites (tertiary alicyclic amines) is 1. The van der Waals surface area contributed by atoms with E-state index in [1.165, 1.54) is 17.0 Å². The quantitative estimate of drug-likeness (QED) is 0.839. The molecule has 3 rings (SSSR count). The summed E-state index contributed by atoms with van der Waals surface area (Å²) in [5.41, 5.74) is -0.989. The van der Waals surface area contributed by atoms with Gasteiger partial charge in [-0.2, -0.15) is 13.2 Å². The van der Waals surface area contributed by atoms with Crippen LogP contribution in [0.2, 0.25) is 0 Å². The molecule has 1 N–H and O–H groups in total. The molecule has 2 aliphatic rings. The smallest absolute Gasteiger partial charge is 0.341 e. The summed E-state index contributed by atoms with van der Waals surface area (Å²) in [6.07, 6.45) is -2.91. The summed E-state index contributed by atoms with van der Waals surface area (Å²) in [6.45, 7) is 2.45. The highest BCUT2D eigenvalue weighted by Crippen LogP contribution is 2.50. The summed E-state index contributed by atoms with van der Waals surface area (Å²) in [5, 5.41) is -0.644. The third kappa shape index (κ3) is 3.46. The second-order valence-corrected chi connectivity index (χ2v) is 8.91. The highest BCUT2D eigenvalue weighted by atomic mass is 32.2. The van der Waals surface area contributed by atoms with Crippen LogP contribution in [0.25, 0.3) is 0 Å². The van der Waals surface area contributed by atoms with Crippen LogP contribution in [0.1, 0.15) is 37.3 Å². The summed E-state index contributed by atoms with van der Waals surface area (Å²) >= 11 is 0. The van der Waals surface area contributed by atoms with Crippen LogP contribution in [0.4, 0.5) is 13.2 Å². The molecule has 9 heteroatoms. The van der Waals surface area contributed by atoms with Crippen molar-refractivity contribution in [1.29, 1.82) is 0 Å². The first kappa shape index (κ1) is 19.2. The molecule has 144 valence electrons. The molecule has 1 heterocycles. The summed E-state index contributed by atoms with van der Waals surface area (Å²) in [4.78, 5) is 14.5. The van der Waals surface area contributed by atoms with Crippen molar-refractivity contribution in [1.82, 2.24) is 9.62 Å². The summed E-state index contributed by atoms with van der Waals surface area (Å²) < 4.78 is 64.8. The Kier molecular flexibility index (Phi) is 4.81. The Bertz CT molecular complexity index is 786. The van der Waals surface area contributed by atoms with E-state index in [0.29, 0.717) is 37.9 Å². The predicted molar refractivity (Wildman–Crippen MR) is 89.9 cm³/mol. The van der Waals surface area contributed by atoms with Crippen molar-refractivity contribution in [2.75, 3.05) is 19.6 Å². The van der Waals surface area contributed by atoms with Gasteiger partial charge in [0.25, 0.3) is 0 Å². The molecule has 0 aromatic heterocycles. The number of nitrogens with one attached hydrogen (secondary N) is 1. The molecule has 1 amide bonds. The van der Waals surface area contributed by atoms with Gasteiger partial charge >= 0.3 is 6.18 Å². The maximum Gasteiger partial charge on any atom is 0.416 e. The first-order valence-corrected chi connectivity index (χ1v) is 10.1. The number of nitrogens with zero attached hydrogens (tertiary/aromatic N) is 1. The molecule has 1 unspecified atom stereocenters. The highest BCUT2D eigenvalue weighted by molar-refractivity contribution is 7.90. The van der Waals surface area contributed by atoms with Gasteiger partial charge in [-0.15, -0.1) is 0 Å². The lowest BCUT2D eigenvalue weighted by Gasteiger charge is -2.24. The molecule has 0 spiro atoms. The van der Waals surface area contributed by atoms with E-state index in [4.69, 9.17) is 0 Å². The van der Waals surface area contributed by atoms with Crippen molar-refractivity contribution in [3.63, 3.8) is 0 Å². The van der Waals surface area contributed by atoms with Gasteiger partial charge in [-0.1, -0.05) is 19.1 Å². The lowest BCUT2D eigenvalue weighted by molar-refractivity contribution is -0.137. The SMILES string of the molecule is CCNS(=O)(=O)C1CCN(C(=O)C2(c3ccc(C(F)(F)F)cc3)CC2)C1. The molecule has 1 saturated heterocycles. The van der Waals surface area contributed by atoms with Crippen molar-refractivity contribution in [2.45, 2.75) is 43.0 Å². The second-order valence-electron chi connectivity index (χ2n) is 6.86. The number of carbonyl (C=O) groups is 1. The number of carbonyl (C=O) groups excluding carboxylic acids is 1. The van der Waals surface area contributed by atoms with Crippen molar-refractivity contribution < 1.29 is 26.4 Å². The van der Waals surface area contributed by atoms with Gasteiger partial charge in [0.15, 0.2) is 0 Å². The van der Waals surface area contributed by atoms with Crippen molar-refractivity contribution in [3.8, 4) is 0 Å². The molecule has 1 aromatic rings. The Morgan fingerprint density at radius 2 is 1.88 bits per heavy atom. The zero-order valence-electron chi connectivity index (χ0n) is 14.3. The first-order valence-electron chi connectivity index (χ1n) is 8.56. The largest absolute Gasteiger partial charge is 0.416 e. The zero-order chi connectivity index (χ0) is 19.2. The van der Waals surface area contributed by atoms with Gasteiger partial charge in [0.1, 0.15) is 0 Å². The number of hydrogen-bond donors (Lipinski definition) is 1. The Hall–Kier alpha value is -1.61. The average molecular weight is 390 g/mol. The van der Waals surface area contributed by atoms with E-state index >= 15 is 0 Å². The fourth-order valence-corrected chi connectivity index (χ4v) is 4.95. The monoisotopic (exact) mass is 390 g/mol. The Balaban J connectivity index is 1.74. The number of amides is 1. The molecular formula is C17H21F3N2O3S. The Morgan fingerprint density at radius 1 is 1.27 bits per heavy atom. The number of benzene rings is 1. The van der Waals surface area contributed by atoms with Gasteiger partial charge in [-0.3, -0.25) is 4.79 Å². The number of sulfonamides is 1. The van der Waals surface area contributed by atoms with Crippen LogP contribution in [-0.4, -0.2) is 44.1 Å². The summed E-state index contributed by atoms with van der Waals surface area (Å²) in [7, 11) is -3.46. The number of hydrogen-bond acceptors (Lipinski definition) is 3. The third-order valence-corrected chi connectivity index (χ3v) is 7.09. The van der Waals surface area contributed by atoms with Crippen LogP contribution in [0.3, 0.4) is 0 Å². The van der Waals surface area contributed by atoms with Crippen molar-refractivity contribution in [2.24, 2.45) is 0 Å². The van der Waals surface area contributed by atoms with Crippen LogP contribution in [0.15, 0.2) is 24.3 Å². The number of halogens is 3. The molecule has 2 fully saturated rings. The van der Waals surface area contributed by atoms with Crippen LogP contribution in [0.5, 0.6) is 0 Å². The average Bonchev–Trinajstić information content (AvgIpc) is 3.22. The number of alkyl halides is 3. The molecule has 1 aliphatic heterocycles. The minimum atomic E-state index is -4.41. The normalized spacial score (nSPS) is 22.5. The van der Waals surface area contributed by atoms with E-state index in [-0.39, 0.29) is 12.5 Å².